The molecule has 4 heteroatoms. The van der Waals surface area contributed by atoms with Crippen LogP contribution in [0, 0.1) is 18.7 Å². The number of nitrogens with zero attached hydrogens (tertiary/aromatic N) is 1. The Morgan fingerprint density at radius 2 is 2.05 bits per heavy atom. The van der Waals surface area contributed by atoms with Crippen LogP contribution in [-0.4, -0.2) is 11.5 Å². The summed E-state index contributed by atoms with van der Waals surface area (Å²) in [6.07, 6.45) is 0. The Bertz CT molecular complexity index is 549. The van der Waals surface area contributed by atoms with Gasteiger partial charge in [-0.3, -0.25) is 0 Å². The monoisotopic (exact) mass is 278 g/mol. The average molecular weight is 278 g/mol. The summed E-state index contributed by atoms with van der Waals surface area (Å²) in [4.78, 5) is 5.62. The van der Waals surface area contributed by atoms with Crippen LogP contribution in [0.1, 0.15) is 23.7 Å². The molecule has 1 N–H and O–H groups in total. The molecular formula is C15H19FN2S. The molecule has 0 bridgehead atoms. The summed E-state index contributed by atoms with van der Waals surface area (Å²) in [5.41, 5.74) is 1.36. The number of thiazole rings is 1. The summed E-state index contributed by atoms with van der Waals surface area (Å²) in [6, 6.07) is 6.80. The van der Waals surface area contributed by atoms with Crippen LogP contribution < -0.4 is 5.32 Å². The molecule has 0 aliphatic carbocycles. The minimum Gasteiger partial charge on any atom is -0.310 e. The number of nitrogens with one attached hydrogen (secondary N) is 1. The summed E-state index contributed by atoms with van der Waals surface area (Å²) >= 11 is 1.63. The van der Waals surface area contributed by atoms with Crippen LogP contribution in [-0.2, 0) is 6.54 Å². The summed E-state index contributed by atoms with van der Waals surface area (Å²) in [7, 11) is 0. The van der Waals surface area contributed by atoms with Crippen molar-refractivity contribution >= 4 is 11.3 Å². The zero-order valence-electron chi connectivity index (χ0n) is 11.5. The molecule has 0 atom stereocenters. The lowest BCUT2D eigenvalue weighted by Gasteiger charge is -2.04. The molecule has 0 unspecified atom stereocenters. The minimum atomic E-state index is -0.211. The first-order valence-electron chi connectivity index (χ1n) is 6.50. The van der Waals surface area contributed by atoms with E-state index in [1.807, 2.05) is 13.0 Å². The second-order valence-electron chi connectivity index (χ2n) is 5.02. The normalized spacial score (nSPS) is 11.2. The topological polar surface area (TPSA) is 24.9 Å². The van der Waals surface area contributed by atoms with Crippen LogP contribution in [0.4, 0.5) is 4.39 Å². The van der Waals surface area contributed by atoms with Gasteiger partial charge in [-0.25, -0.2) is 9.37 Å². The van der Waals surface area contributed by atoms with Crippen molar-refractivity contribution in [2.24, 2.45) is 5.92 Å². The highest BCUT2D eigenvalue weighted by Gasteiger charge is 2.12. The molecule has 0 saturated heterocycles. The molecule has 102 valence electrons. The maximum atomic E-state index is 13.8. The first-order valence-corrected chi connectivity index (χ1v) is 7.31. The highest BCUT2D eigenvalue weighted by atomic mass is 32.1. The van der Waals surface area contributed by atoms with Crippen molar-refractivity contribution in [1.29, 1.82) is 0 Å². The molecule has 0 fully saturated rings. The molecule has 2 rings (SSSR count). The maximum Gasteiger partial charge on any atom is 0.132 e. The summed E-state index contributed by atoms with van der Waals surface area (Å²) < 4.78 is 13.8. The standard InChI is InChI=1S/C15H19FN2S/c1-10(2)8-17-9-14-18-15(11(3)19-14)12-6-4-5-7-13(12)16/h4-7,10,17H,8-9H2,1-3H3. The van der Waals surface area contributed by atoms with Gasteiger partial charge in [0.25, 0.3) is 0 Å². The Hall–Kier alpha value is -1.26. The van der Waals surface area contributed by atoms with Crippen LogP contribution in [0.25, 0.3) is 11.3 Å². The van der Waals surface area contributed by atoms with E-state index in [0.717, 1.165) is 28.7 Å². The van der Waals surface area contributed by atoms with Gasteiger partial charge in [-0.2, -0.15) is 0 Å². The van der Waals surface area contributed by atoms with Crippen molar-refractivity contribution in [3.63, 3.8) is 0 Å². The van der Waals surface area contributed by atoms with Gasteiger partial charge >= 0.3 is 0 Å². The number of benzene rings is 1. The SMILES string of the molecule is Cc1sc(CNCC(C)C)nc1-c1ccccc1F. The Labute approximate surface area is 117 Å². The second-order valence-corrected chi connectivity index (χ2v) is 6.30. The highest BCUT2D eigenvalue weighted by molar-refractivity contribution is 7.12. The first kappa shape index (κ1) is 14.2. The maximum absolute atomic E-state index is 13.8. The average Bonchev–Trinajstić information content (AvgIpc) is 2.70. The molecule has 0 radical (unpaired) electrons. The molecule has 19 heavy (non-hydrogen) atoms. The van der Waals surface area contributed by atoms with E-state index in [9.17, 15) is 4.39 Å². The van der Waals surface area contributed by atoms with Gasteiger partial charge in [0.05, 0.1) is 5.69 Å². The molecule has 0 aliphatic heterocycles. The van der Waals surface area contributed by atoms with Crippen LogP contribution in [0.3, 0.4) is 0 Å². The van der Waals surface area contributed by atoms with Gasteiger partial charge in [-0.05, 0) is 31.5 Å². The smallest absolute Gasteiger partial charge is 0.132 e. The minimum absolute atomic E-state index is 0.211. The Kier molecular flexibility index (Phi) is 4.66. The largest absolute Gasteiger partial charge is 0.310 e. The van der Waals surface area contributed by atoms with E-state index in [-0.39, 0.29) is 5.82 Å². The third-order valence-corrected chi connectivity index (χ3v) is 3.77. The van der Waals surface area contributed by atoms with Crippen LogP contribution in [0.15, 0.2) is 24.3 Å². The van der Waals surface area contributed by atoms with E-state index < -0.39 is 0 Å². The van der Waals surface area contributed by atoms with Gasteiger partial charge in [-0.15, -0.1) is 11.3 Å². The molecule has 1 aromatic heterocycles. The number of halogens is 1. The number of aromatic nitrogens is 1. The third-order valence-electron chi connectivity index (χ3n) is 2.80. The second kappa shape index (κ2) is 6.26. The Morgan fingerprint density at radius 3 is 2.74 bits per heavy atom. The third kappa shape index (κ3) is 3.61. The van der Waals surface area contributed by atoms with Crippen LogP contribution >= 0.6 is 11.3 Å². The van der Waals surface area contributed by atoms with Gasteiger partial charge in [0.1, 0.15) is 10.8 Å². The van der Waals surface area contributed by atoms with Crippen molar-refractivity contribution in [2.45, 2.75) is 27.3 Å². The van der Waals surface area contributed by atoms with Crippen LogP contribution in [0.5, 0.6) is 0 Å². The van der Waals surface area contributed by atoms with Gasteiger partial charge < -0.3 is 5.32 Å². The van der Waals surface area contributed by atoms with Gasteiger partial charge in [0.15, 0.2) is 0 Å². The van der Waals surface area contributed by atoms with Crippen molar-refractivity contribution in [2.75, 3.05) is 6.54 Å². The molecule has 2 nitrogen and oxygen atoms in total. The molecular weight excluding hydrogens is 259 g/mol. The van der Waals surface area contributed by atoms with E-state index in [1.165, 1.54) is 6.07 Å². The molecule has 1 aromatic carbocycles. The first-order chi connectivity index (χ1) is 9.08. The zero-order valence-corrected chi connectivity index (χ0v) is 12.4. The van der Waals surface area contributed by atoms with E-state index in [2.05, 4.69) is 24.1 Å². The number of rotatable bonds is 5. The molecule has 0 aliphatic rings. The van der Waals surface area contributed by atoms with Crippen molar-refractivity contribution in [3.8, 4) is 11.3 Å². The van der Waals surface area contributed by atoms with Crippen LogP contribution in [0.2, 0.25) is 0 Å². The fraction of sp³-hybridized carbons (Fsp3) is 0.400. The number of hydrogen-bond donors (Lipinski definition) is 1. The van der Waals surface area contributed by atoms with E-state index >= 15 is 0 Å². The zero-order chi connectivity index (χ0) is 13.8. The van der Waals surface area contributed by atoms with E-state index in [4.69, 9.17) is 0 Å². The highest BCUT2D eigenvalue weighted by Crippen LogP contribution is 2.29. The summed E-state index contributed by atoms with van der Waals surface area (Å²) in [6.45, 7) is 8.05. The van der Waals surface area contributed by atoms with Crippen molar-refractivity contribution in [3.05, 3.63) is 40.0 Å². The van der Waals surface area contributed by atoms with Gasteiger partial charge in [0, 0.05) is 17.0 Å². The fourth-order valence-electron chi connectivity index (χ4n) is 1.90. The quantitative estimate of drug-likeness (QED) is 0.894. The van der Waals surface area contributed by atoms with Gasteiger partial charge in [-0.1, -0.05) is 26.0 Å². The molecule has 0 amide bonds. The summed E-state index contributed by atoms with van der Waals surface area (Å²) in [5, 5.41) is 4.37. The Morgan fingerprint density at radius 1 is 1.32 bits per heavy atom. The Balaban J connectivity index is 2.15. The fourth-order valence-corrected chi connectivity index (χ4v) is 2.81. The number of hydrogen-bond acceptors (Lipinski definition) is 3. The van der Waals surface area contributed by atoms with E-state index in [0.29, 0.717) is 11.5 Å². The lowest BCUT2D eigenvalue weighted by atomic mass is 10.1. The molecule has 2 aromatic rings. The lowest BCUT2D eigenvalue weighted by molar-refractivity contribution is 0.551. The van der Waals surface area contributed by atoms with Gasteiger partial charge in [0.2, 0.25) is 0 Å². The van der Waals surface area contributed by atoms with Crippen molar-refractivity contribution in [1.82, 2.24) is 10.3 Å². The lowest BCUT2D eigenvalue weighted by Crippen LogP contribution is -2.18. The predicted octanol–water partition coefficient (Wildman–Crippen LogP) is 4.00. The summed E-state index contributed by atoms with van der Waals surface area (Å²) in [5.74, 6) is 0.407. The van der Waals surface area contributed by atoms with Crippen molar-refractivity contribution < 1.29 is 4.39 Å². The molecule has 0 saturated carbocycles. The van der Waals surface area contributed by atoms with E-state index in [1.54, 1.807) is 23.5 Å². The molecule has 1 heterocycles. The predicted molar refractivity (Wildman–Crippen MR) is 78.8 cm³/mol. The number of aryl methyl sites for hydroxylation is 1. The molecule has 0 spiro atoms.